The monoisotopic (exact) mass is 261 g/mol. The lowest BCUT2D eigenvalue weighted by Gasteiger charge is -2.12. The number of rotatable bonds is 3. The van der Waals surface area contributed by atoms with Crippen molar-refractivity contribution in [3.05, 3.63) is 74.8 Å². The Morgan fingerprint density at radius 1 is 1.11 bits per heavy atom. The van der Waals surface area contributed by atoms with Crippen molar-refractivity contribution in [3.8, 4) is 0 Å². The van der Waals surface area contributed by atoms with E-state index in [2.05, 4.69) is 0 Å². The minimum Gasteiger partial charge on any atom is -0.258 e. The molecule has 1 atom stereocenters. The molecule has 2 rings (SSSR count). The number of non-ortho nitro benzene ring substituents is 1. The molecule has 0 aromatic heterocycles. The van der Waals surface area contributed by atoms with E-state index in [-0.39, 0.29) is 11.6 Å². The molecule has 0 saturated heterocycles. The van der Waals surface area contributed by atoms with Crippen molar-refractivity contribution < 1.29 is 4.92 Å². The third kappa shape index (κ3) is 2.68. The van der Waals surface area contributed by atoms with Gasteiger partial charge in [0, 0.05) is 23.1 Å². The molecular formula is C14H12ClNO2. The predicted molar refractivity (Wildman–Crippen MR) is 72.1 cm³/mol. The van der Waals surface area contributed by atoms with Gasteiger partial charge >= 0.3 is 0 Å². The summed E-state index contributed by atoms with van der Waals surface area (Å²) >= 11 is 5.95. The summed E-state index contributed by atoms with van der Waals surface area (Å²) in [7, 11) is 0. The summed E-state index contributed by atoms with van der Waals surface area (Å²) in [5.41, 5.74) is 2.23. The molecule has 18 heavy (non-hydrogen) atoms. The lowest BCUT2D eigenvalue weighted by molar-refractivity contribution is -0.384. The summed E-state index contributed by atoms with van der Waals surface area (Å²) < 4.78 is 0. The maximum atomic E-state index is 10.6. The molecular weight excluding hydrogens is 250 g/mol. The molecule has 0 amide bonds. The second kappa shape index (κ2) is 5.19. The summed E-state index contributed by atoms with van der Waals surface area (Å²) in [5.74, 6) is 0.157. The average Bonchev–Trinajstić information content (AvgIpc) is 2.38. The van der Waals surface area contributed by atoms with E-state index >= 15 is 0 Å². The van der Waals surface area contributed by atoms with Gasteiger partial charge in [-0.15, -0.1) is 0 Å². The zero-order valence-corrected chi connectivity index (χ0v) is 10.6. The second-order valence-electron chi connectivity index (χ2n) is 4.13. The maximum Gasteiger partial charge on any atom is 0.269 e. The fourth-order valence-corrected chi connectivity index (χ4v) is 2.05. The SMILES string of the molecule is C[C@H](c1ccc([N+](=O)[O-])cc1)c1cccc(Cl)c1. The first-order valence-corrected chi connectivity index (χ1v) is 5.95. The van der Waals surface area contributed by atoms with Crippen molar-refractivity contribution >= 4 is 17.3 Å². The maximum absolute atomic E-state index is 10.6. The lowest BCUT2D eigenvalue weighted by atomic mass is 9.93. The quantitative estimate of drug-likeness (QED) is 0.607. The van der Waals surface area contributed by atoms with Crippen molar-refractivity contribution in [1.82, 2.24) is 0 Å². The zero-order chi connectivity index (χ0) is 13.1. The normalized spacial score (nSPS) is 12.1. The minimum atomic E-state index is -0.395. The number of nitrogens with zero attached hydrogens (tertiary/aromatic N) is 1. The standard InChI is InChI=1S/C14H12ClNO2/c1-10(12-3-2-4-13(15)9-12)11-5-7-14(8-6-11)16(17)18/h2-10H,1H3/t10-/m1/s1. The van der Waals surface area contributed by atoms with Crippen LogP contribution in [0.2, 0.25) is 5.02 Å². The van der Waals surface area contributed by atoms with Crippen molar-refractivity contribution in [1.29, 1.82) is 0 Å². The molecule has 0 fully saturated rings. The molecule has 0 unspecified atom stereocenters. The number of nitro groups is 1. The minimum absolute atomic E-state index is 0.108. The molecule has 0 heterocycles. The topological polar surface area (TPSA) is 43.1 Å². The molecule has 92 valence electrons. The van der Waals surface area contributed by atoms with Crippen LogP contribution >= 0.6 is 11.6 Å². The van der Waals surface area contributed by atoms with Gasteiger partial charge in [-0.3, -0.25) is 10.1 Å². The van der Waals surface area contributed by atoms with Gasteiger partial charge in [0.15, 0.2) is 0 Å². The van der Waals surface area contributed by atoms with E-state index in [0.717, 1.165) is 11.1 Å². The van der Waals surface area contributed by atoms with E-state index in [4.69, 9.17) is 11.6 Å². The summed E-state index contributed by atoms with van der Waals surface area (Å²) in [5, 5.41) is 11.3. The third-order valence-electron chi connectivity index (χ3n) is 2.95. The molecule has 4 heteroatoms. The van der Waals surface area contributed by atoms with Crippen molar-refractivity contribution in [3.63, 3.8) is 0 Å². The van der Waals surface area contributed by atoms with Crippen LogP contribution in [0, 0.1) is 10.1 Å². The number of hydrogen-bond acceptors (Lipinski definition) is 2. The van der Waals surface area contributed by atoms with Gasteiger partial charge in [0.05, 0.1) is 4.92 Å². The summed E-state index contributed by atoms with van der Waals surface area (Å²) in [6.07, 6.45) is 0. The van der Waals surface area contributed by atoms with E-state index in [1.54, 1.807) is 12.1 Å². The van der Waals surface area contributed by atoms with Gasteiger partial charge < -0.3 is 0 Å². The fourth-order valence-electron chi connectivity index (χ4n) is 1.85. The van der Waals surface area contributed by atoms with Crippen LogP contribution in [0.3, 0.4) is 0 Å². The highest BCUT2D eigenvalue weighted by molar-refractivity contribution is 6.30. The molecule has 2 aromatic rings. The van der Waals surface area contributed by atoms with Crippen LogP contribution in [0.5, 0.6) is 0 Å². The zero-order valence-electron chi connectivity index (χ0n) is 9.84. The van der Waals surface area contributed by atoms with Crippen LogP contribution in [0.1, 0.15) is 24.0 Å². The van der Waals surface area contributed by atoms with Crippen LogP contribution < -0.4 is 0 Å². The van der Waals surface area contributed by atoms with Gasteiger partial charge in [0.1, 0.15) is 0 Å². The molecule has 0 aliphatic carbocycles. The smallest absolute Gasteiger partial charge is 0.258 e. The first-order chi connectivity index (χ1) is 8.58. The average molecular weight is 262 g/mol. The Bertz CT molecular complexity index is 566. The first-order valence-electron chi connectivity index (χ1n) is 5.58. The third-order valence-corrected chi connectivity index (χ3v) is 3.19. The van der Waals surface area contributed by atoms with Crippen LogP contribution in [-0.4, -0.2) is 4.92 Å². The van der Waals surface area contributed by atoms with E-state index in [0.29, 0.717) is 5.02 Å². The van der Waals surface area contributed by atoms with Gasteiger partial charge in [-0.2, -0.15) is 0 Å². The summed E-state index contributed by atoms with van der Waals surface area (Å²) in [6.45, 7) is 2.05. The van der Waals surface area contributed by atoms with Crippen LogP contribution in [0.25, 0.3) is 0 Å². The molecule has 0 aliphatic rings. The van der Waals surface area contributed by atoms with Gasteiger partial charge in [0.25, 0.3) is 5.69 Å². The highest BCUT2D eigenvalue weighted by atomic mass is 35.5. The molecule has 0 aliphatic heterocycles. The number of nitro benzene ring substituents is 1. The Labute approximate surface area is 110 Å². The van der Waals surface area contributed by atoms with E-state index in [1.165, 1.54) is 12.1 Å². The number of halogens is 1. The first kappa shape index (κ1) is 12.6. The Morgan fingerprint density at radius 2 is 1.78 bits per heavy atom. The van der Waals surface area contributed by atoms with E-state index in [9.17, 15) is 10.1 Å². The molecule has 0 spiro atoms. The van der Waals surface area contributed by atoms with Crippen molar-refractivity contribution in [2.45, 2.75) is 12.8 Å². The highest BCUT2D eigenvalue weighted by Crippen LogP contribution is 2.27. The largest absolute Gasteiger partial charge is 0.269 e. The molecule has 0 N–H and O–H groups in total. The molecule has 2 aromatic carbocycles. The van der Waals surface area contributed by atoms with Crippen LogP contribution in [0.15, 0.2) is 48.5 Å². The Balaban J connectivity index is 2.28. The summed E-state index contributed by atoms with van der Waals surface area (Å²) in [4.78, 5) is 10.2. The number of benzene rings is 2. The molecule has 3 nitrogen and oxygen atoms in total. The predicted octanol–water partition coefficient (Wildman–Crippen LogP) is 4.40. The van der Waals surface area contributed by atoms with Crippen molar-refractivity contribution in [2.24, 2.45) is 0 Å². The summed E-state index contributed by atoms with van der Waals surface area (Å²) in [6, 6.07) is 14.2. The highest BCUT2D eigenvalue weighted by Gasteiger charge is 2.11. The Kier molecular flexibility index (Phi) is 3.63. The Hall–Kier alpha value is -1.87. The van der Waals surface area contributed by atoms with Crippen LogP contribution in [0.4, 0.5) is 5.69 Å². The fraction of sp³-hybridized carbons (Fsp3) is 0.143. The van der Waals surface area contributed by atoms with Crippen LogP contribution in [-0.2, 0) is 0 Å². The van der Waals surface area contributed by atoms with Gasteiger partial charge in [-0.25, -0.2) is 0 Å². The number of hydrogen-bond donors (Lipinski definition) is 0. The van der Waals surface area contributed by atoms with Gasteiger partial charge in [-0.1, -0.05) is 42.8 Å². The van der Waals surface area contributed by atoms with Crippen molar-refractivity contribution in [2.75, 3.05) is 0 Å². The molecule has 0 bridgehead atoms. The lowest BCUT2D eigenvalue weighted by Crippen LogP contribution is -1.96. The molecule has 0 radical (unpaired) electrons. The van der Waals surface area contributed by atoms with Gasteiger partial charge in [-0.05, 0) is 23.3 Å². The van der Waals surface area contributed by atoms with E-state index < -0.39 is 4.92 Å². The van der Waals surface area contributed by atoms with E-state index in [1.807, 2.05) is 31.2 Å². The van der Waals surface area contributed by atoms with Gasteiger partial charge in [0.2, 0.25) is 0 Å². The molecule has 0 saturated carbocycles. The second-order valence-corrected chi connectivity index (χ2v) is 4.56. The Morgan fingerprint density at radius 3 is 2.33 bits per heavy atom.